The highest BCUT2D eigenvalue weighted by molar-refractivity contribution is 5.88. The predicted molar refractivity (Wildman–Crippen MR) is 95.2 cm³/mol. The van der Waals surface area contributed by atoms with Crippen molar-refractivity contribution in [1.82, 2.24) is 14.9 Å². The molecule has 0 saturated carbocycles. The fraction of sp³-hybridized carbons (Fsp3) is 0.350. The van der Waals surface area contributed by atoms with Crippen LogP contribution in [0.4, 0.5) is 0 Å². The summed E-state index contributed by atoms with van der Waals surface area (Å²) in [6.45, 7) is 3.58. The molecule has 0 radical (unpaired) electrons. The van der Waals surface area contributed by atoms with E-state index in [-0.39, 0.29) is 5.91 Å². The summed E-state index contributed by atoms with van der Waals surface area (Å²) in [5, 5.41) is 1.03. The van der Waals surface area contributed by atoms with Crippen molar-refractivity contribution in [1.29, 1.82) is 0 Å². The summed E-state index contributed by atoms with van der Waals surface area (Å²) in [5.41, 5.74) is 3.99. The zero-order chi connectivity index (χ0) is 17.2. The van der Waals surface area contributed by atoms with Gasteiger partial charge in [-0.15, -0.1) is 0 Å². The maximum absolute atomic E-state index is 12.8. The number of hydrogen-bond donors (Lipinski definition) is 0. The molecule has 1 aliphatic heterocycles. The Morgan fingerprint density at radius 3 is 3.12 bits per heavy atom. The van der Waals surface area contributed by atoms with Gasteiger partial charge in [-0.1, -0.05) is 12.1 Å². The number of hydrogen-bond acceptors (Lipinski definition) is 4. The van der Waals surface area contributed by atoms with Crippen LogP contribution in [0.2, 0.25) is 0 Å². The number of fused-ring (bicyclic) bond motifs is 1. The molecule has 5 nitrogen and oxygen atoms in total. The standard InChI is InChI=1S/C20H21N3O2/c1-14-4-5-17-16(12-25-19(17)9-14)10-20(24)23-8-2-3-15(11-23)18-6-7-21-13-22-18/h4-7,9,12-13,15H,2-3,8,10-11H2,1H3/t15-/m0/s1. The summed E-state index contributed by atoms with van der Waals surface area (Å²) in [7, 11) is 0. The maximum Gasteiger partial charge on any atom is 0.227 e. The lowest BCUT2D eigenvalue weighted by Gasteiger charge is -2.32. The quantitative estimate of drug-likeness (QED) is 0.735. The first-order valence-corrected chi connectivity index (χ1v) is 8.71. The summed E-state index contributed by atoms with van der Waals surface area (Å²) in [6, 6.07) is 8.05. The monoisotopic (exact) mass is 335 g/mol. The molecule has 0 bridgehead atoms. The first kappa shape index (κ1) is 15.8. The number of aromatic nitrogens is 2. The van der Waals surface area contributed by atoms with Crippen molar-refractivity contribution in [3.05, 3.63) is 59.9 Å². The van der Waals surface area contributed by atoms with Crippen LogP contribution in [-0.4, -0.2) is 33.9 Å². The summed E-state index contributed by atoms with van der Waals surface area (Å²) >= 11 is 0. The lowest BCUT2D eigenvalue weighted by atomic mass is 9.94. The summed E-state index contributed by atoms with van der Waals surface area (Å²) < 4.78 is 5.62. The van der Waals surface area contributed by atoms with Crippen LogP contribution in [0.1, 0.15) is 35.6 Å². The molecule has 1 saturated heterocycles. The third-order valence-electron chi connectivity index (χ3n) is 4.95. The smallest absolute Gasteiger partial charge is 0.227 e. The Bertz CT molecular complexity index is 888. The summed E-state index contributed by atoms with van der Waals surface area (Å²) in [5.74, 6) is 0.450. The molecule has 2 aromatic heterocycles. The Balaban J connectivity index is 1.48. The van der Waals surface area contributed by atoms with Gasteiger partial charge in [-0.2, -0.15) is 0 Å². The third-order valence-corrected chi connectivity index (χ3v) is 4.95. The van der Waals surface area contributed by atoms with E-state index in [9.17, 15) is 4.79 Å². The van der Waals surface area contributed by atoms with Gasteiger partial charge < -0.3 is 9.32 Å². The highest BCUT2D eigenvalue weighted by atomic mass is 16.3. The maximum atomic E-state index is 12.8. The number of piperidine rings is 1. The lowest BCUT2D eigenvalue weighted by molar-refractivity contribution is -0.131. The highest BCUT2D eigenvalue weighted by Gasteiger charge is 2.26. The SMILES string of the molecule is Cc1ccc2c(CC(=O)N3CCC[C@H](c4ccncn4)C3)coc2c1. The van der Waals surface area contributed by atoms with Gasteiger partial charge in [-0.25, -0.2) is 9.97 Å². The Morgan fingerprint density at radius 2 is 2.28 bits per heavy atom. The van der Waals surface area contributed by atoms with E-state index in [0.717, 1.165) is 53.7 Å². The average molecular weight is 335 g/mol. The number of likely N-dealkylation sites (tertiary alicyclic amines) is 1. The second-order valence-corrected chi connectivity index (χ2v) is 6.75. The predicted octanol–water partition coefficient (Wildman–Crippen LogP) is 3.48. The van der Waals surface area contributed by atoms with Crippen molar-refractivity contribution in [3.63, 3.8) is 0 Å². The lowest BCUT2D eigenvalue weighted by Crippen LogP contribution is -2.40. The van der Waals surface area contributed by atoms with Crippen LogP contribution in [0.25, 0.3) is 11.0 Å². The van der Waals surface area contributed by atoms with Crippen molar-refractivity contribution < 1.29 is 9.21 Å². The molecule has 0 aliphatic carbocycles. The van der Waals surface area contributed by atoms with E-state index < -0.39 is 0 Å². The number of nitrogens with zero attached hydrogens (tertiary/aromatic N) is 3. The molecule has 0 N–H and O–H groups in total. The average Bonchev–Trinajstić information content (AvgIpc) is 3.04. The van der Waals surface area contributed by atoms with Crippen molar-refractivity contribution in [3.8, 4) is 0 Å². The van der Waals surface area contributed by atoms with Crippen LogP contribution in [0.5, 0.6) is 0 Å². The van der Waals surface area contributed by atoms with Gasteiger partial charge in [0.25, 0.3) is 0 Å². The fourth-order valence-corrected chi connectivity index (χ4v) is 3.59. The Labute approximate surface area is 146 Å². The molecule has 1 aliphatic rings. The summed E-state index contributed by atoms with van der Waals surface area (Å²) in [6.07, 6.45) is 7.51. The number of rotatable bonds is 3. The fourth-order valence-electron chi connectivity index (χ4n) is 3.59. The van der Waals surface area contributed by atoms with Crippen molar-refractivity contribution >= 4 is 16.9 Å². The minimum absolute atomic E-state index is 0.155. The van der Waals surface area contributed by atoms with Crippen molar-refractivity contribution in [2.75, 3.05) is 13.1 Å². The van der Waals surface area contributed by atoms with Gasteiger partial charge in [-0.05, 0) is 37.5 Å². The van der Waals surface area contributed by atoms with E-state index in [4.69, 9.17) is 4.42 Å². The summed E-state index contributed by atoms with van der Waals surface area (Å²) in [4.78, 5) is 23.1. The first-order chi connectivity index (χ1) is 12.2. The van der Waals surface area contributed by atoms with E-state index >= 15 is 0 Å². The molecule has 1 amide bonds. The molecule has 0 spiro atoms. The van der Waals surface area contributed by atoms with Crippen LogP contribution < -0.4 is 0 Å². The van der Waals surface area contributed by atoms with E-state index in [2.05, 4.69) is 16.0 Å². The Kier molecular flexibility index (Phi) is 4.22. The number of carbonyl (C=O) groups is 1. The molecule has 1 atom stereocenters. The first-order valence-electron chi connectivity index (χ1n) is 8.71. The van der Waals surface area contributed by atoms with E-state index in [1.807, 2.05) is 30.0 Å². The van der Waals surface area contributed by atoms with Gasteiger partial charge in [0, 0.05) is 41.8 Å². The molecule has 3 heterocycles. The third kappa shape index (κ3) is 3.27. The Hall–Kier alpha value is -2.69. The molecule has 3 aromatic rings. The normalized spacial score (nSPS) is 17.8. The van der Waals surface area contributed by atoms with Gasteiger partial charge in [0.1, 0.15) is 11.9 Å². The van der Waals surface area contributed by atoms with E-state index in [1.165, 1.54) is 0 Å². The van der Waals surface area contributed by atoms with Crippen molar-refractivity contribution in [2.45, 2.75) is 32.1 Å². The van der Waals surface area contributed by atoms with E-state index in [0.29, 0.717) is 12.3 Å². The molecule has 5 heteroatoms. The molecule has 25 heavy (non-hydrogen) atoms. The highest BCUT2D eigenvalue weighted by Crippen LogP contribution is 2.27. The Morgan fingerprint density at radius 1 is 1.36 bits per heavy atom. The van der Waals surface area contributed by atoms with Crippen LogP contribution in [0, 0.1) is 6.92 Å². The zero-order valence-corrected chi connectivity index (χ0v) is 14.3. The van der Waals surface area contributed by atoms with Crippen LogP contribution >= 0.6 is 0 Å². The molecule has 1 fully saturated rings. The second-order valence-electron chi connectivity index (χ2n) is 6.75. The van der Waals surface area contributed by atoms with Crippen LogP contribution in [-0.2, 0) is 11.2 Å². The minimum Gasteiger partial charge on any atom is -0.464 e. The van der Waals surface area contributed by atoms with Gasteiger partial charge in [0.05, 0.1) is 12.7 Å². The van der Waals surface area contributed by atoms with Crippen LogP contribution in [0.15, 0.2) is 47.5 Å². The molecular weight excluding hydrogens is 314 g/mol. The molecule has 4 rings (SSSR count). The molecule has 0 unspecified atom stereocenters. The largest absolute Gasteiger partial charge is 0.464 e. The molecule has 1 aromatic carbocycles. The number of aryl methyl sites for hydroxylation is 1. The van der Waals surface area contributed by atoms with Gasteiger partial charge >= 0.3 is 0 Å². The van der Waals surface area contributed by atoms with E-state index in [1.54, 1.807) is 18.8 Å². The zero-order valence-electron chi connectivity index (χ0n) is 14.3. The second kappa shape index (κ2) is 6.67. The van der Waals surface area contributed by atoms with Gasteiger partial charge in [0.15, 0.2) is 0 Å². The molecule has 128 valence electrons. The topological polar surface area (TPSA) is 59.2 Å². The minimum atomic E-state index is 0.155. The van der Waals surface area contributed by atoms with Crippen molar-refractivity contribution in [2.24, 2.45) is 0 Å². The van der Waals surface area contributed by atoms with Gasteiger partial charge in [0.2, 0.25) is 5.91 Å². The van der Waals surface area contributed by atoms with Crippen LogP contribution in [0.3, 0.4) is 0 Å². The van der Waals surface area contributed by atoms with Gasteiger partial charge in [-0.3, -0.25) is 4.79 Å². The number of benzene rings is 1. The number of carbonyl (C=O) groups excluding carboxylic acids is 1. The number of furan rings is 1. The molecular formula is C20H21N3O2. The number of amides is 1.